The molecule has 1 amide bonds. The van der Waals surface area contributed by atoms with Gasteiger partial charge in [0.05, 0.1) is 4.92 Å². The van der Waals surface area contributed by atoms with Crippen molar-refractivity contribution in [3.63, 3.8) is 0 Å². The lowest BCUT2D eigenvalue weighted by atomic mass is 10.1. The molecular formula is C18H14N2O6. The molecule has 132 valence electrons. The first-order valence-corrected chi connectivity index (χ1v) is 7.65. The quantitative estimate of drug-likeness (QED) is 0.427. The van der Waals surface area contributed by atoms with Gasteiger partial charge in [0.2, 0.25) is 5.76 Å². The van der Waals surface area contributed by atoms with E-state index in [1.807, 2.05) is 12.1 Å². The third-order valence-corrected chi connectivity index (χ3v) is 3.73. The summed E-state index contributed by atoms with van der Waals surface area (Å²) in [7, 11) is 0. The van der Waals surface area contributed by atoms with Crippen molar-refractivity contribution in [1.29, 1.82) is 0 Å². The van der Waals surface area contributed by atoms with Gasteiger partial charge in [-0.25, -0.2) is 4.79 Å². The van der Waals surface area contributed by atoms with Crippen LogP contribution in [0.4, 0.5) is 11.4 Å². The smallest absolute Gasteiger partial charge is 0.375 e. The number of non-ortho nitro benzene ring substituents is 1. The molecule has 3 aromatic rings. The highest BCUT2D eigenvalue weighted by Crippen LogP contribution is 2.25. The number of nitrogens with one attached hydrogen (secondary N) is 1. The SMILES string of the molecule is Cc1c(C(=O)OCC(=O)Nc2ccc([N+](=O)[O-])cc2)oc2ccccc12. The Kier molecular flexibility index (Phi) is 4.66. The number of amides is 1. The van der Waals surface area contributed by atoms with Gasteiger partial charge in [0, 0.05) is 28.8 Å². The Labute approximate surface area is 147 Å². The van der Waals surface area contributed by atoms with Crippen LogP contribution in [0.15, 0.2) is 52.9 Å². The topological polar surface area (TPSA) is 112 Å². The van der Waals surface area contributed by atoms with Crippen molar-refractivity contribution in [3.8, 4) is 0 Å². The minimum atomic E-state index is -0.738. The van der Waals surface area contributed by atoms with Gasteiger partial charge in [0.25, 0.3) is 11.6 Å². The maximum atomic E-state index is 12.1. The van der Waals surface area contributed by atoms with Crippen molar-refractivity contribution in [3.05, 3.63) is 70.0 Å². The minimum absolute atomic E-state index is 0.0503. The number of carbonyl (C=O) groups is 2. The molecule has 26 heavy (non-hydrogen) atoms. The number of nitro benzene ring substituents is 1. The number of para-hydroxylation sites is 1. The molecule has 8 nitrogen and oxygen atoms in total. The van der Waals surface area contributed by atoms with Gasteiger partial charge in [0.1, 0.15) is 5.58 Å². The summed E-state index contributed by atoms with van der Waals surface area (Å²) in [6.07, 6.45) is 0. The van der Waals surface area contributed by atoms with Gasteiger partial charge < -0.3 is 14.5 Å². The first-order valence-electron chi connectivity index (χ1n) is 7.65. The summed E-state index contributed by atoms with van der Waals surface area (Å²) in [5.74, 6) is -1.26. The Bertz CT molecular complexity index is 991. The second kappa shape index (κ2) is 7.06. The average molecular weight is 354 g/mol. The van der Waals surface area contributed by atoms with Crippen LogP contribution in [-0.2, 0) is 9.53 Å². The standard InChI is InChI=1S/C18H14N2O6/c1-11-14-4-2-3-5-15(14)26-17(11)18(22)25-10-16(21)19-12-6-8-13(9-7-12)20(23)24/h2-9H,10H2,1H3,(H,19,21). The highest BCUT2D eigenvalue weighted by atomic mass is 16.6. The number of aryl methyl sites for hydroxylation is 1. The summed E-state index contributed by atoms with van der Waals surface area (Å²) in [6, 6.07) is 12.5. The van der Waals surface area contributed by atoms with Crippen molar-refractivity contribution in [2.24, 2.45) is 0 Å². The Morgan fingerprint density at radius 2 is 1.85 bits per heavy atom. The molecular weight excluding hydrogens is 340 g/mol. The number of esters is 1. The predicted molar refractivity (Wildman–Crippen MR) is 93.0 cm³/mol. The van der Waals surface area contributed by atoms with Crippen LogP contribution in [0.5, 0.6) is 0 Å². The van der Waals surface area contributed by atoms with E-state index in [1.165, 1.54) is 24.3 Å². The van der Waals surface area contributed by atoms with Crippen LogP contribution in [-0.4, -0.2) is 23.4 Å². The lowest BCUT2D eigenvalue weighted by Gasteiger charge is -2.06. The van der Waals surface area contributed by atoms with Gasteiger partial charge >= 0.3 is 5.97 Å². The predicted octanol–water partition coefficient (Wildman–Crippen LogP) is 3.44. The molecule has 1 heterocycles. The summed E-state index contributed by atoms with van der Waals surface area (Å²) < 4.78 is 10.5. The Morgan fingerprint density at radius 3 is 2.50 bits per heavy atom. The minimum Gasteiger partial charge on any atom is -0.450 e. The number of anilines is 1. The fraction of sp³-hybridized carbons (Fsp3) is 0.111. The average Bonchev–Trinajstić information content (AvgIpc) is 2.97. The van der Waals surface area contributed by atoms with Crippen LogP contribution in [0, 0.1) is 17.0 Å². The molecule has 0 saturated heterocycles. The Hall–Kier alpha value is -3.68. The Morgan fingerprint density at radius 1 is 1.15 bits per heavy atom. The third-order valence-electron chi connectivity index (χ3n) is 3.73. The van der Waals surface area contributed by atoms with E-state index in [2.05, 4.69) is 5.32 Å². The van der Waals surface area contributed by atoms with E-state index in [9.17, 15) is 19.7 Å². The highest BCUT2D eigenvalue weighted by Gasteiger charge is 2.19. The van der Waals surface area contributed by atoms with E-state index in [0.717, 1.165) is 5.39 Å². The normalized spacial score (nSPS) is 10.5. The molecule has 2 aromatic carbocycles. The molecule has 3 rings (SSSR count). The maximum Gasteiger partial charge on any atom is 0.375 e. The van der Waals surface area contributed by atoms with E-state index in [-0.39, 0.29) is 11.4 Å². The van der Waals surface area contributed by atoms with E-state index < -0.39 is 23.4 Å². The van der Waals surface area contributed by atoms with E-state index in [4.69, 9.17) is 9.15 Å². The summed E-state index contributed by atoms with van der Waals surface area (Å²) in [6.45, 7) is 1.23. The van der Waals surface area contributed by atoms with Crippen LogP contribution in [0.25, 0.3) is 11.0 Å². The monoisotopic (exact) mass is 354 g/mol. The Balaban J connectivity index is 1.60. The molecule has 0 fully saturated rings. The fourth-order valence-corrected chi connectivity index (χ4v) is 2.43. The number of carbonyl (C=O) groups excluding carboxylic acids is 2. The summed E-state index contributed by atoms with van der Waals surface area (Å²) in [5.41, 5.74) is 1.47. The van der Waals surface area contributed by atoms with Crippen LogP contribution in [0.3, 0.4) is 0 Å². The van der Waals surface area contributed by atoms with Gasteiger partial charge in [-0.15, -0.1) is 0 Å². The number of hydrogen-bond acceptors (Lipinski definition) is 6. The number of hydrogen-bond donors (Lipinski definition) is 1. The lowest BCUT2D eigenvalue weighted by Crippen LogP contribution is -2.21. The number of furan rings is 1. The van der Waals surface area contributed by atoms with Crippen LogP contribution >= 0.6 is 0 Å². The van der Waals surface area contributed by atoms with Crippen molar-refractivity contribution >= 4 is 34.2 Å². The number of nitro groups is 1. The molecule has 0 unspecified atom stereocenters. The summed E-state index contributed by atoms with van der Waals surface area (Å²) >= 11 is 0. The van der Waals surface area contributed by atoms with E-state index in [1.54, 1.807) is 19.1 Å². The number of ether oxygens (including phenoxy) is 1. The van der Waals surface area contributed by atoms with Crippen molar-refractivity contribution < 1.29 is 23.7 Å². The van der Waals surface area contributed by atoms with Crippen LogP contribution in [0.1, 0.15) is 16.1 Å². The zero-order valence-electron chi connectivity index (χ0n) is 13.7. The van der Waals surface area contributed by atoms with E-state index in [0.29, 0.717) is 16.8 Å². The third kappa shape index (κ3) is 3.54. The highest BCUT2D eigenvalue weighted by molar-refractivity contribution is 5.98. The van der Waals surface area contributed by atoms with Gasteiger partial charge in [-0.05, 0) is 25.1 Å². The lowest BCUT2D eigenvalue weighted by molar-refractivity contribution is -0.384. The molecule has 1 aromatic heterocycles. The second-order valence-corrected chi connectivity index (χ2v) is 5.48. The second-order valence-electron chi connectivity index (χ2n) is 5.48. The fourth-order valence-electron chi connectivity index (χ4n) is 2.43. The zero-order chi connectivity index (χ0) is 18.7. The molecule has 0 aliphatic rings. The molecule has 0 atom stereocenters. The number of rotatable bonds is 5. The zero-order valence-corrected chi connectivity index (χ0v) is 13.7. The van der Waals surface area contributed by atoms with Crippen molar-refractivity contribution in [1.82, 2.24) is 0 Å². The van der Waals surface area contributed by atoms with Gasteiger partial charge in [-0.1, -0.05) is 18.2 Å². The van der Waals surface area contributed by atoms with Gasteiger partial charge in [-0.3, -0.25) is 14.9 Å². The van der Waals surface area contributed by atoms with Gasteiger partial charge in [0.15, 0.2) is 6.61 Å². The molecule has 0 radical (unpaired) electrons. The first-order chi connectivity index (χ1) is 12.5. The van der Waals surface area contributed by atoms with Crippen LogP contribution < -0.4 is 5.32 Å². The first kappa shape index (κ1) is 17.2. The summed E-state index contributed by atoms with van der Waals surface area (Å²) in [5, 5.41) is 13.9. The van der Waals surface area contributed by atoms with E-state index >= 15 is 0 Å². The number of nitrogens with zero attached hydrogens (tertiary/aromatic N) is 1. The van der Waals surface area contributed by atoms with Crippen molar-refractivity contribution in [2.75, 3.05) is 11.9 Å². The number of benzene rings is 2. The molecule has 0 saturated carbocycles. The van der Waals surface area contributed by atoms with Gasteiger partial charge in [-0.2, -0.15) is 0 Å². The molecule has 8 heteroatoms. The molecule has 0 aliphatic carbocycles. The molecule has 1 N–H and O–H groups in total. The van der Waals surface area contributed by atoms with Crippen molar-refractivity contribution in [2.45, 2.75) is 6.92 Å². The summed E-state index contributed by atoms with van der Waals surface area (Å²) in [4.78, 5) is 34.1. The molecule has 0 aliphatic heterocycles. The van der Waals surface area contributed by atoms with Crippen LogP contribution in [0.2, 0.25) is 0 Å². The molecule has 0 bridgehead atoms. The molecule has 0 spiro atoms. The largest absolute Gasteiger partial charge is 0.450 e. The number of fused-ring (bicyclic) bond motifs is 1. The maximum absolute atomic E-state index is 12.1.